The highest BCUT2D eigenvalue weighted by Gasteiger charge is 2.33. The number of aryl methyl sites for hydroxylation is 2. The number of hydrogen-bond acceptors (Lipinski definition) is 3. The molecule has 0 spiro atoms. The lowest BCUT2D eigenvalue weighted by Crippen LogP contribution is -2.32. The molecule has 0 aliphatic carbocycles. The van der Waals surface area contributed by atoms with E-state index in [0.717, 1.165) is 25.2 Å². The Bertz CT molecular complexity index is 325. The van der Waals surface area contributed by atoms with Crippen LogP contribution in [0, 0.1) is 6.92 Å². The Balaban J connectivity index is 2.28. The summed E-state index contributed by atoms with van der Waals surface area (Å²) in [7, 11) is 1.98. The zero-order chi connectivity index (χ0) is 11.0. The first-order chi connectivity index (χ1) is 7.13. The molecule has 2 unspecified atom stereocenters. The maximum Gasteiger partial charge on any atom is 0.0814 e. The van der Waals surface area contributed by atoms with Crippen molar-refractivity contribution in [1.82, 2.24) is 14.7 Å². The monoisotopic (exact) mass is 208 g/mol. The van der Waals surface area contributed by atoms with Crippen molar-refractivity contribution >= 4 is 0 Å². The van der Waals surface area contributed by atoms with E-state index in [2.05, 4.69) is 29.9 Å². The summed E-state index contributed by atoms with van der Waals surface area (Å²) in [4.78, 5) is 2.41. The van der Waals surface area contributed by atoms with E-state index in [-0.39, 0.29) is 6.04 Å². The van der Waals surface area contributed by atoms with Gasteiger partial charge in [0, 0.05) is 25.3 Å². The summed E-state index contributed by atoms with van der Waals surface area (Å²) in [6, 6.07) is 2.70. The zero-order valence-electron chi connectivity index (χ0n) is 9.77. The lowest BCUT2D eigenvalue weighted by Gasteiger charge is -2.23. The second kappa shape index (κ2) is 3.94. The van der Waals surface area contributed by atoms with Crippen LogP contribution in [0.4, 0.5) is 0 Å². The number of nitrogens with zero attached hydrogens (tertiary/aromatic N) is 3. The Morgan fingerprint density at radius 2 is 2.33 bits per heavy atom. The van der Waals surface area contributed by atoms with Gasteiger partial charge in [-0.25, -0.2) is 0 Å². The van der Waals surface area contributed by atoms with E-state index >= 15 is 0 Å². The van der Waals surface area contributed by atoms with Crippen molar-refractivity contribution in [1.29, 1.82) is 0 Å². The molecule has 4 heteroatoms. The highest BCUT2D eigenvalue weighted by molar-refractivity contribution is 5.16. The fraction of sp³-hybridized carbons (Fsp3) is 0.727. The number of likely N-dealkylation sites (N-methyl/N-ethyl adjacent to an activating group) is 1. The highest BCUT2D eigenvalue weighted by Crippen LogP contribution is 2.29. The maximum atomic E-state index is 6.15. The van der Waals surface area contributed by atoms with Crippen LogP contribution in [-0.2, 0) is 7.05 Å². The number of nitrogens with two attached hydrogens (primary N) is 1. The van der Waals surface area contributed by atoms with Crippen LogP contribution >= 0.6 is 0 Å². The van der Waals surface area contributed by atoms with Crippen molar-refractivity contribution in [3.63, 3.8) is 0 Å². The summed E-state index contributed by atoms with van der Waals surface area (Å²) in [6.45, 7) is 6.40. The molecule has 0 bridgehead atoms. The molecule has 1 aliphatic rings. The summed E-state index contributed by atoms with van der Waals surface area (Å²) < 4.78 is 1.92. The van der Waals surface area contributed by atoms with Crippen molar-refractivity contribution in [2.45, 2.75) is 32.4 Å². The quantitative estimate of drug-likeness (QED) is 0.783. The molecule has 0 radical (unpaired) electrons. The van der Waals surface area contributed by atoms with Crippen LogP contribution in [0.3, 0.4) is 0 Å². The van der Waals surface area contributed by atoms with Gasteiger partial charge < -0.3 is 5.73 Å². The van der Waals surface area contributed by atoms with Crippen LogP contribution in [0.15, 0.2) is 6.07 Å². The van der Waals surface area contributed by atoms with Crippen molar-refractivity contribution in [2.24, 2.45) is 12.8 Å². The molecule has 2 rings (SSSR count). The maximum absolute atomic E-state index is 6.15. The summed E-state index contributed by atoms with van der Waals surface area (Å²) in [5, 5.41) is 4.54. The largest absolute Gasteiger partial charge is 0.326 e. The van der Waals surface area contributed by atoms with Gasteiger partial charge in [-0.15, -0.1) is 0 Å². The Hall–Kier alpha value is -0.870. The fourth-order valence-electron chi connectivity index (χ4n) is 2.38. The SMILES string of the molecule is CCN1CCC(N)C1c1cc(C)n(C)n1. The van der Waals surface area contributed by atoms with E-state index in [1.165, 1.54) is 5.69 Å². The van der Waals surface area contributed by atoms with Crippen molar-refractivity contribution in [3.05, 3.63) is 17.5 Å². The van der Waals surface area contributed by atoms with E-state index in [9.17, 15) is 0 Å². The number of hydrogen-bond donors (Lipinski definition) is 1. The van der Waals surface area contributed by atoms with Crippen LogP contribution in [0.2, 0.25) is 0 Å². The topological polar surface area (TPSA) is 47.1 Å². The third-order valence-electron chi connectivity index (χ3n) is 3.39. The van der Waals surface area contributed by atoms with Gasteiger partial charge in [0.25, 0.3) is 0 Å². The smallest absolute Gasteiger partial charge is 0.0814 e. The molecule has 1 fully saturated rings. The van der Waals surface area contributed by atoms with Crippen molar-refractivity contribution in [3.8, 4) is 0 Å². The van der Waals surface area contributed by atoms with Crippen LogP contribution in [-0.4, -0.2) is 33.8 Å². The molecule has 0 amide bonds. The van der Waals surface area contributed by atoms with E-state index in [4.69, 9.17) is 5.73 Å². The van der Waals surface area contributed by atoms with Gasteiger partial charge in [-0.2, -0.15) is 5.10 Å². The fourth-order valence-corrected chi connectivity index (χ4v) is 2.38. The van der Waals surface area contributed by atoms with Gasteiger partial charge >= 0.3 is 0 Å². The van der Waals surface area contributed by atoms with Crippen molar-refractivity contribution in [2.75, 3.05) is 13.1 Å². The Kier molecular flexibility index (Phi) is 2.80. The first-order valence-corrected chi connectivity index (χ1v) is 5.63. The summed E-state index contributed by atoms with van der Waals surface area (Å²) >= 11 is 0. The van der Waals surface area contributed by atoms with E-state index in [1.807, 2.05) is 11.7 Å². The first kappa shape index (κ1) is 10.6. The molecule has 1 saturated heterocycles. The van der Waals surface area contributed by atoms with E-state index in [0.29, 0.717) is 6.04 Å². The summed E-state index contributed by atoms with van der Waals surface area (Å²) in [6.07, 6.45) is 1.08. The Labute approximate surface area is 91.1 Å². The van der Waals surface area contributed by atoms with Gasteiger partial charge in [0.2, 0.25) is 0 Å². The normalized spacial score (nSPS) is 27.5. The standard InChI is InChI=1S/C11H20N4/c1-4-15-6-5-9(12)11(15)10-7-8(2)14(3)13-10/h7,9,11H,4-6,12H2,1-3H3. The van der Waals surface area contributed by atoms with Gasteiger partial charge in [0.1, 0.15) is 0 Å². The second-order valence-electron chi connectivity index (χ2n) is 4.36. The third-order valence-corrected chi connectivity index (χ3v) is 3.39. The Morgan fingerprint density at radius 1 is 1.60 bits per heavy atom. The molecule has 1 aliphatic heterocycles. The molecule has 1 aromatic heterocycles. The van der Waals surface area contributed by atoms with E-state index in [1.54, 1.807) is 0 Å². The molecule has 2 N–H and O–H groups in total. The third kappa shape index (κ3) is 1.79. The predicted molar refractivity (Wildman–Crippen MR) is 60.5 cm³/mol. The molecule has 84 valence electrons. The van der Waals surface area contributed by atoms with Crippen LogP contribution in [0.25, 0.3) is 0 Å². The summed E-state index contributed by atoms with van der Waals surface area (Å²) in [5.41, 5.74) is 8.47. The van der Waals surface area contributed by atoms with Gasteiger partial charge in [-0.1, -0.05) is 6.92 Å². The molecule has 2 atom stereocenters. The van der Waals surface area contributed by atoms with Crippen LogP contribution < -0.4 is 5.73 Å². The van der Waals surface area contributed by atoms with Crippen LogP contribution in [0.5, 0.6) is 0 Å². The molecule has 1 aromatic rings. The minimum absolute atomic E-state index is 0.235. The van der Waals surface area contributed by atoms with Gasteiger partial charge in [0.05, 0.1) is 11.7 Å². The highest BCUT2D eigenvalue weighted by atomic mass is 15.3. The Morgan fingerprint density at radius 3 is 2.87 bits per heavy atom. The van der Waals surface area contributed by atoms with Gasteiger partial charge in [-0.3, -0.25) is 9.58 Å². The number of likely N-dealkylation sites (tertiary alicyclic amines) is 1. The minimum atomic E-state index is 0.235. The number of rotatable bonds is 2. The van der Waals surface area contributed by atoms with Crippen molar-refractivity contribution < 1.29 is 0 Å². The molecular weight excluding hydrogens is 188 g/mol. The lowest BCUT2D eigenvalue weighted by molar-refractivity contribution is 0.255. The lowest BCUT2D eigenvalue weighted by atomic mass is 10.1. The number of aromatic nitrogens is 2. The zero-order valence-corrected chi connectivity index (χ0v) is 9.77. The molecule has 15 heavy (non-hydrogen) atoms. The second-order valence-corrected chi connectivity index (χ2v) is 4.36. The molecule has 2 heterocycles. The van der Waals surface area contributed by atoms with Gasteiger partial charge in [0.15, 0.2) is 0 Å². The average Bonchev–Trinajstić information content (AvgIpc) is 2.71. The molecular formula is C11H20N4. The predicted octanol–water partition coefficient (Wildman–Crippen LogP) is 0.823. The minimum Gasteiger partial charge on any atom is -0.326 e. The summed E-state index contributed by atoms with van der Waals surface area (Å²) in [5.74, 6) is 0. The first-order valence-electron chi connectivity index (χ1n) is 5.63. The van der Waals surface area contributed by atoms with Gasteiger partial charge in [-0.05, 0) is 26.0 Å². The molecule has 0 saturated carbocycles. The molecule has 0 aromatic carbocycles. The molecule has 4 nitrogen and oxygen atoms in total. The van der Waals surface area contributed by atoms with Crippen LogP contribution in [0.1, 0.15) is 30.8 Å². The van der Waals surface area contributed by atoms with E-state index < -0.39 is 0 Å². The average molecular weight is 208 g/mol.